The summed E-state index contributed by atoms with van der Waals surface area (Å²) in [6.45, 7) is 1.72. The molecule has 1 amide bonds. The maximum absolute atomic E-state index is 12.3. The average molecular weight is 270 g/mol. The molecule has 0 radical (unpaired) electrons. The van der Waals surface area contributed by atoms with Crippen LogP contribution in [-0.4, -0.2) is 38.8 Å². The maximum Gasteiger partial charge on any atom is 0.225 e. The molecule has 0 unspecified atom stereocenters. The molecule has 5 heteroatoms. The van der Waals surface area contributed by atoms with Crippen LogP contribution in [-0.2, 0) is 4.79 Å². The fraction of sp³-hybridized carbons (Fsp3) is 0.533. The Morgan fingerprint density at radius 1 is 1.25 bits per heavy atom. The molecule has 2 fully saturated rings. The second-order valence-electron chi connectivity index (χ2n) is 5.91. The molecule has 1 aliphatic carbocycles. The first-order chi connectivity index (χ1) is 9.81. The van der Waals surface area contributed by atoms with Gasteiger partial charge in [0.2, 0.25) is 5.91 Å². The van der Waals surface area contributed by atoms with Crippen LogP contribution in [0.2, 0.25) is 0 Å². The predicted octanol–water partition coefficient (Wildman–Crippen LogP) is 2.07. The van der Waals surface area contributed by atoms with Crippen molar-refractivity contribution in [2.75, 3.05) is 13.1 Å². The van der Waals surface area contributed by atoms with Crippen LogP contribution in [0.25, 0.3) is 11.2 Å². The monoisotopic (exact) mass is 270 g/mol. The third-order valence-electron chi connectivity index (χ3n) is 4.68. The highest BCUT2D eigenvalue weighted by Crippen LogP contribution is 2.33. The van der Waals surface area contributed by atoms with Gasteiger partial charge in [-0.25, -0.2) is 4.98 Å². The molecule has 2 aliphatic rings. The fourth-order valence-corrected chi connectivity index (χ4v) is 3.22. The van der Waals surface area contributed by atoms with E-state index in [-0.39, 0.29) is 0 Å². The van der Waals surface area contributed by atoms with Gasteiger partial charge in [0, 0.05) is 43.0 Å². The van der Waals surface area contributed by atoms with Crippen molar-refractivity contribution in [2.45, 2.75) is 31.6 Å². The summed E-state index contributed by atoms with van der Waals surface area (Å²) in [5, 5.41) is 0. The minimum atomic E-state index is 0.305. The number of aromatic nitrogens is 3. The van der Waals surface area contributed by atoms with E-state index in [4.69, 9.17) is 0 Å². The summed E-state index contributed by atoms with van der Waals surface area (Å²) < 4.78 is 0. The van der Waals surface area contributed by atoms with Gasteiger partial charge in [0.1, 0.15) is 5.52 Å². The second-order valence-corrected chi connectivity index (χ2v) is 5.91. The molecule has 5 nitrogen and oxygen atoms in total. The largest absolute Gasteiger partial charge is 0.342 e. The number of hydrogen-bond acceptors (Lipinski definition) is 3. The van der Waals surface area contributed by atoms with E-state index in [0.717, 1.165) is 49.2 Å². The van der Waals surface area contributed by atoms with Crippen LogP contribution >= 0.6 is 0 Å². The normalized spacial score (nSPS) is 23.2. The molecule has 1 N–H and O–H groups in total. The topological polar surface area (TPSA) is 61.9 Å². The number of aromatic amines is 1. The Bertz CT molecular complexity index is 613. The Hall–Kier alpha value is -1.91. The summed E-state index contributed by atoms with van der Waals surface area (Å²) >= 11 is 0. The number of rotatable bonds is 2. The lowest BCUT2D eigenvalue weighted by Gasteiger charge is -2.29. The quantitative estimate of drug-likeness (QED) is 0.908. The Morgan fingerprint density at radius 3 is 2.85 bits per heavy atom. The van der Waals surface area contributed by atoms with Crippen molar-refractivity contribution in [1.82, 2.24) is 19.9 Å². The van der Waals surface area contributed by atoms with Crippen molar-refractivity contribution in [3.63, 3.8) is 0 Å². The number of hydrogen-bond donors (Lipinski definition) is 1. The molecule has 20 heavy (non-hydrogen) atoms. The highest BCUT2D eigenvalue weighted by molar-refractivity contribution is 5.80. The smallest absolute Gasteiger partial charge is 0.225 e. The molecule has 3 heterocycles. The number of nitrogens with zero attached hydrogens (tertiary/aromatic N) is 3. The summed E-state index contributed by atoms with van der Waals surface area (Å²) in [7, 11) is 0. The van der Waals surface area contributed by atoms with Gasteiger partial charge in [-0.15, -0.1) is 0 Å². The Kier molecular flexibility index (Phi) is 2.72. The molecule has 1 saturated heterocycles. The number of H-pyrrole nitrogens is 1. The molecule has 2 aromatic rings. The van der Waals surface area contributed by atoms with Gasteiger partial charge in [0.25, 0.3) is 0 Å². The van der Waals surface area contributed by atoms with Gasteiger partial charge in [-0.3, -0.25) is 9.78 Å². The number of nitrogens with one attached hydrogen (secondary N) is 1. The van der Waals surface area contributed by atoms with E-state index in [0.29, 0.717) is 17.7 Å². The van der Waals surface area contributed by atoms with Crippen LogP contribution in [0.1, 0.15) is 37.3 Å². The molecule has 1 atom stereocenters. The van der Waals surface area contributed by atoms with Gasteiger partial charge in [-0.1, -0.05) is 6.42 Å². The van der Waals surface area contributed by atoms with E-state index in [1.54, 1.807) is 12.4 Å². The van der Waals surface area contributed by atoms with E-state index in [2.05, 4.69) is 21.0 Å². The van der Waals surface area contributed by atoms with Gasteiger partial charge in [0.15, 0.2) is 5.65 Å². The lowest BCUT2D eigenvalue weighted by atomic mass is 9.84. The number of fused-ring (bicyclic) bond motifs is 1. The van der Waals surface area contributed by atoms with E-state index in [1.807, 2.05) is 4.90 Å². The summed E-state index contributed by atoms with van der Waals surface area (Å²) in [5.41, 5.74) is 2.91. The van der Waals surface area contributed by atoms with E-state index >= 15 is 0 Å². The zero-order valence-electron chi connectivity index (χ0n) is 11.4. The lowest BCUT2D eigenvalue weighted by molar-refractivity contribution is -0.137. The SMILES string of the molecule is O=C(C1CCC1)N1CC[C@@H](c2cc3nccnc3[nH]2)C1. The standard InChI is InChI=1S/C15H18N4O/c20-15(10-2-1-3-10)19-7-4-11(9-19)12-8-13-14(18-12)17-6-5-16-13/h5-6,8,10-11H,1-4,7,9H2,(H,17,18)/t11-/m1/s1. The van der Waals surface area contributed by atoms with Gasteiger partial charge in [0.05, 0.1) is 0 Å². The van der Waals surface area contributed by atoms with Crippen LogP contribution in [0.5, 0.6) is 0 Å². The maximum atomic E-state index is 12.3. The first-order valence-corrected chi connectivity index (χ1v) is 7.39. The molecule has 2 aromatic heterocycles. The number of amides is 1. The molecular weight excluding hydrogens is 252 g/mol. The average Bonchev–Trinajstić information content (AvgIpc) is 3.03. The van der Waals surface area contributed by atoms with E-state index in [9.17, 15) is 4.79 Å². The molecule has 1 aliphatic heterocycles. The van der Waals surface area contributed by atoms with Crippen molar-refractivity contribution in [2.24, 2.45) is 5.92 Å². The highest BCUT2D eigenvalue weighted by atomic mass is 16.2. The third kappa shape index (κ3) is 1.88. The Labute approximate surface area is 117 Å². The highest BCUT2D eigenvalue weighted by Gasteiger charge is 2.34. The molecular formula is C15H18N4O. The van der Waals surface area contributed by atoms with Crippen LogP contribution in [0.3, 0.4) is 0 Å². The van der Waals surface area contributed by atoms with Crippen LogP contribution in [0.4, 0.5) is 0 Å². The first-order valence-electron chi connectivity index (χ1n) is 7.39. The van der Waals surface area contributed by atoms with Crippen molar-refractivity contribution in [1.29, 1.82) is 0 Å². The van der Waals surface area contributed by atoms with Crippen LogP contribution < -0.4 is 0 Å². The summed E-state index contributed by atoms with van der Waals surface area (Å²) in [5.74, 6) is 1.07. The Balaban J connectivity index is 1.51. The lowest BCUT2D eigenvalue weighted by Crippen LogP contribution is -2.37. The van der Waals surface area contributed by atoms with Crippen molar-refractivity contribution in [3.05, 3.63) is 24.2 Å². The minimum Gasteiger partial charge on any atom is -0.342 e. The zero-order valence-corrected chi connectivity index (χ0v) is 11.4. The molecule has 0 bridgehead atoms. The molecule has 4 rings (SSSR count). The van der Waals surface area contributed by atoms with E-state index in [1.165, 1.54) is 6.42 Å². The number of carbonyl (C=O) groups excluding carboxylic acids is 1. The third-order valence-corrected chi connectivity index (χ3v) is 4.68. The Morgan fingerprint density at radius 2 is 2.10 bits per heavy atom. The first kappa shape index (κ1) is 11.9. The van der Waals surface area contributed by atoms with Gasteiger partial charge < -0.3 is 9.88 Å². The summed E-state index contributed by atoms with van der Waals surface area (Å²) in [6, 6.07) is 2.07. The molecule has 104 valence electrons. The summed E-state index contributed by atoms with van der Waals surface area (Å²) in [4.78, 5) is 26.2. The minimum absolute atomic E-state index is 0.305. The van der Waals surface area contributed by atoms with Crippen LogP contribution in [0.15, 0.2) is 18.5 Å². The predicted molar refractivity (Wildman–Crippen MR) is 75.2 cm³/mol. The van der Waals surface area contributed by atoms with Gasteiger partial charge in [-0.05, 0) is 25.3 Å². The van der Waals surface area contributed by atoms with Crippen LogP contribution in [0, 0.1) is 5.92 Å². The molecule has 0 spiro atoms. The van der Waals surface area contributed by atoms with Crippen molar-refractivity contribution < 1.29 is 4.79 Å². The van der Waals surface area contributed by atoms with Crippen molar-refractivity contribution in [3.8, 4) is 0 Å². The van der Waals surface area contributed by atoms with E-state index < -0.39 is 0 Å². The number of carbonyl (C=O) groups is 1. The van der Waals surface area contributed by atoms with Gasteiger partial charge >= 0.3 is 0 Å². The molecule has 0 aromatic carbocycles. The van der Waals surface area contributed by atoms with Crippen molar-refractivity contribution >= 4 is 17.1 Å². The van der Waals surface area contributed by atoms with Gasteiger partial charge in [-0.2, -0.15) is 0 Å². The fourth-order valence-electron chi connectivity index (χ4n) is 3.22. The molecule has 1 saturated carbocycles. The zero-order chi connectivity index (χ0) is 13.5. The number of likely N-dealkylation sites (tertiary alicyclic amines) is 1. The second kappa shape index (κ2) is 4.58. The summed E-state index contributed by atoms with van der Waals surface area (Å²) in [6.07, 6.45) is 7.82.